The number of carbonyl (C=O) groups excluding carboxylic acids is 4. The summed E-state index contributed by atoms with van der Waals surface area (Å²) in [5, 5.41) is 21.6. The average molecular weight is 634 g/mol. The summed E-state index contributed by atoms with van der Waals surface area (Å²) in [4.78, 5) is 62.5. The summed E-state index contributed by atoms with van der Waals surface area (Å²) in [5.74, 6) is -1.25. The van der Waals surface area contributed by atoms with Gasteiger partial charge in [0.1, 0.15) is 12.1 Å². The Hall–Kier alpha value is -3.78. The first-order valence-electron chi connectivity index (χ1n) is 13.8. The summed E-state index contributed by atoms with van der Waals surface area (Å²) in [6.07, 6.45) is 0.708. The first-order valence-corrected chi connectivity index (χ1v) is 16.0. The number of nitro groups is 1. The Morgan fingerprint density at radius 3 is 2.21 bits per heavy atom. The number of rotatable bonds is 17. The Kier molecular flexibility index (Phi) is 15.4. The number of hydrogen-bond acceptors (Lipinski definition) is 9. The molecule has 0 spiro atoms. The molecule has 2 aromatic rings. The van der Waals surface area contributed by atoms with Crippen LogP contribution in [0.2, 0.25) is 0 Å². The van der Waals surface area contributed by atoms with E-state index < -0.39 is 40.2 Å². The van der Waals surface area contributed by atoms with Crippen molar-refractivity contribution in [2.75, 3.05) is 20.7 Å². The van der Waals surface area contributed by atoms with Gasteiger partial charge in [-0.1, -0.05) is 67.1 Å². The van der Waals surface area contributed by atoms with Crippen LogP contribution in [0.5, 0.6) is 0 Å². The summed E-state index contributed by atoms with van der Waals surface area (Å²) in [7, 11) is 4.97. The van der Waals surface area contributed by atoms with Crippen molar-refractivity contribution in [2.24, 2.45) is 5.92 Å². The molecule has 0 aliphatic heterocycles. The third-order valence-electron chi connectivity index (χ3n) is 6.21. The van der Waals surface area contributed by atoms with Crippen LogP contribution < -0.4 is 21.3 Å². The van der Waals surface area contributed by atoms with Gasteiger partial charge in [0.25, 0.3) is 5.69 Å². The lowest BCUT2D eigenvalue weighted by atomic mass is 10.0. The normalized spacial score (nSPS) is 12.9. The number of nitrogens with one attached hydrogen (secondary N) is 4. The highest BCUT2D eigenvalue weighted by Gasteiger charge is 2.30. The predicted molar refractivity (Wildman–Crippen MR) is 168 cm³/mol. The van der Waals surface area contributed by atoms with Crippen molar-refractivity contribution in [2.45, 2.75) is 61.8 Å². The molecule has 0 radical (unpaired) electrons. The average Bonchev–Trinajstić information content (AvgIpc) is 2.99. The van der Waals surface area contributed by atoms with Gasteiger partial charge in [0.2, 0.25) is 17.7 Å². The molecule has 0 saturated carbocycles. The number of methoxy groups -OCH3 is 1. The number of likely N-dealkylation sites (N-methyl/N-ethyl adjacent to an activating group) is 1. The van der Waals surface area contributed by atoms with Crippen LogP contribution in [0.15, 0.2) is 59.5 Å². The molecular formula is C29H39N5O7S2. The van der Waals surface area contributed by atoms with E-state index >= 15 is 0 Å². The molecule has 0 heterocycles. The summed E-state index contributed by atoms with van der Waals surface area (Å²) >= 11 is 0. The van der Waals surface area contributed by atoms with Crippen molar-refractivity contribution in [3.8, 4) is 0 Å². The molecular weight excluding hydrogens is 594 g/mol. The largest absolute Gasteiger partial charge is 0.453 e. The highest BCUT2D eigenvalue weighted by molar-refractivity contribution is 8.77. The lowest BCUT2D eigenvalue weighted by Crippen LogP contribution is -2.55. The lowest BCUT2D eigenvalue weighted by molar-refractivity contribution is -0.387. The first-order chi connectivity index (χ1) is 20.5. The zero-order valence-electron chi connectivity index (χ0n) is 24.7. The fourth-order valence-corrected chi connectivity index (χ4v) is 6.67. The van der Waals surface area contributed by atoms with E-state index in [0.717, 1.165) is 27.2 Å². The summed E-state index contributed by atoms with van der Waals surface area (Å²) in [5.41, 5.74) is 0.784. The van der Waals surface area contributed by atoms with Crippen LogP contribution in [0.3, 0.4) is 0 Å². The van der Waals surface area contributed by atoms with Gasteiger partial charge in [0.05, 0.1) is 22.2 Å². The second-order valence-corrected chi connectivity index (χ2v) is 12.5. The fourth-order valence-electron chi connectivity index (χ4n) is 4.03. The minimum absolute atomic E-state index is 0.0420. The van der Waals surface area contributed by atoms with Crippen LogP contribution in [-0.2, 0) is 25.5 Å². The highest BCUT2D eigenvalue weighted by Crippen LogP contribution is 2.40. The number of alkyl carbamates (subject to hydrolysis) is 1. The van der Waals surface area contributed by atoms with E-state index in [0.29, 0.717) is 24.2 Å². The maximum atomic E-state index is 13.6. The van der Waals surface area contributed by atoms with Crippen molar-refractivity contribution in [3.05, 3.63) is 70.3 Å². The molecule has 4 N–H and O–H groups in total. The second-order valence-electron chi connectivity index (χ2n) is 10.0. The molecule has 0 aliphatic rings. The van der Waals surface area contributed by atoms with Crippen molar-refractivity contribution in [1.82, 2.24) is 21.3 Å². The van der Waals surface area contributed by atoms with Gasteiger partial charge in [-0.05, 0) is 47.6 Å². The van der Waals surface area contributed by atoms with Crippen LogP contribution in [0.1, 0.15) is 38.7 Å². The van der Waals surface area contributed by atoms with E-state index in [4.69, 9.17) is 0 Å². The minimum Gasteiger partial charge on any atom is -0.453 e. The monoisotopic (exact) mass is 633 g/mol. The Morgan fingerprint density at radius 1 is 0.930 bits per heavy atom. The summed E-state index contributed by atoms with van der Waals surface area (Å²) in [6, 6.07) is 13.7. The number of nitro benzene ring substituents is 1. The van der Waals surface area contributed by atoms with Gasteiger partial charge < -0.3 is 26.0 Å². The Labute approximate surface area is 259 Å². The molecule has 4 amide bonds. The number of ether oxygens (including phenoxy) is 1. The highest BCUT2D eigenvalue weighted by atomic mass is 33.1. The number of nitrogens with zero attached hydrogens (tertiary/aromatic N) is 1. The smallest absolute Gasteiger partial charge is 0.406 e. The number of carbonyl (C=O) groups is 4. The number of hydrogen-bond donors (Lipinski definition) is 4. The van der Waals surface area contributed by atoms with E-state index in [1.165, 1.54) is 20.2 Å². The van der Waals surface area contributed by atoms with Gasteiger partial charge in [-0.25, -0.2) is 4.79 Å². The maximum Gasteiger partial charge on any atom is 0.406 e. The lowest BCUT2D eigenvalue weighted by Gasteiger charge is -2.25. The van der Waals surface area contributed by atoms with Crippen LogP contribution in [0.25, 0.3) is 0 Å². The quantitative estimate of drug-likeness (QED) is 0.0875. The van der Waals surface area contributed by atoms with Crippen LogP contribution >= 0.6 is 21.6 Å². The molecule has 14 heteroatoms. The molecule has 3 atom stereocenters. The zero-order valence-corrected chi connectivity index (χ0v) is 26.3. The van der Waals surface area contributed by atoms with E-state index in [9.17, 15) is 29.3 Å². The van der Waals surface area contributed by atoms with Crippen molar-refractivity contribution >= 4 is 51.1 Å². The molecule has 12 nitrogen and oxygen atoms in total. The second kappa shape index (κ2) is 18.7. The number of para-hydroxylation sites is 1. The molecule has 0 fully saturated rings. The number of amides is 4. The molecule has 0 aromatic heterocycles. The molecule has 0 bridgehead atoms. The van der Waals surface area contributed by atoms with E-state index in [1.807, 2.05) is 44.2 Å². The third-order valence-corrected chi connectivity index (χ3v) is 9.04. The van der Waals surface area contributed by atoms with Gasteiger partial charge in [-0.15, -0.1) is 0 Å². The third kappa shape index (κ3) is 12.5. The van der Waals surface area contributed by atoms with Gasteiger partial charge in [0, 0.05) is 26.1 Å². The maximum absolute atomic E-state index is 13.6. The topological polar surface area (TPSA) is 169 Å². The first kappa shape index (κ1) is 35.4. The Bertz CT molecular complexity index is 1230. The van der Waals surface area contributed by atoms with Crippen molar-refractivity contribution < 1.29 is 28.8 Å². The van der Waals surface area contributed by atoms with Crippen molar-refractivity contribution in [3.63, 3.8) is 0 Å². The van der Waals surface area contributed by atoms with E-state index in [-0.39, 0.29) is 30.5 Å². The van der Waals surface area contributed by atoms with Gasteiger partial charge in [0.15, 0.2) is 0 Å². The Balaban J connectivity index is 2.20. The molecule has 43 heavy (non-hydrogen) atoms. The summed E-state index contributed by atoms with van der Waals surface area (Å²) < 4.78 is 4.58. The number of benzene rings is 2. The molecule has 234 valence electrons. The van der Waals surface area contributed by atoms with E-state index in [2.05, 4.69) is 26.0 Å². The fraction of sp³-hybridized carbons (Fsp3) is 0.448. The van der Waals surface area contributed by atoms with Gasteiger partial charge in [-0.3, -0.25) is 24.5 Å². The molecule has 2 rings (SSSR count). The molecule has 2 aromatic carbocycles. The van der Waals surface area contributed by atoms with E-state index in [1.54, 1.807) is 18.2 Å². The van der Waals surface area contributed by atoms with Gasteiger partial charge in [-0.2, -0.15) is 0 Å². The molecule has 0 aliphatic carbocycles. The standard InChI is InChI=1S/C29H39N5O7S2/c1-19(2)17-21(27(36)32-22(26(35)30-3)18-20-11-6-5-7-12-20)33-28(37)25(15-10-16-31-29(38)41-4)43-42-24-14-9-8-13-23(24)34(39)40/h5-9,11-14,19,21-22,25H,10,15-18H2,1-4H3,(H,30,35)(H,31,38)(H,32,36)(H,33,37)/t21-,22-,25?/m0/s1. The predicted octanol–water partition coefficient (Wildman–Crippen LogP) is 3.84. The zero-order chi connectivity index (χ0) is 31.8. The van der Waals surface area contributed by atoms with Crippen LogP contribution in [-0.4, -0.2) is 66.8 Å². The summed E-state index contributed by atoms with van der Waals surface area (Å²) in [6.45, 7) is 4.08. The minimum atomic E-state index is -0.928. The van der Waals surface area contributed by atoms with Crippen LogP contribution in [0.4, 0.5) is 10.5 Å². The molecule has 0 saturated heterocycles. The SMILES string of the molecule is CNC(=O)[C@H](Cc1ccccc1)NC(=O)[C@H](CC(C)C)NC(=O)C(CCCNC(=O)OC)SSc1ccccc1[N+](=O)[O-]. The van der Waals surface area contributed by atoms with Crippen molar-refractivity contribution in [1.29, 1.82) is 0 Å². The van der Waals surface area contributed by atoms with Crippen LogP contribution in [0, 0.1) is 16.0 Å². The molecule has 1 unspecified atom stereocenters. The van der Waals surface area contributed by atoms with Gasteiger partial charge >= 0.3 is 6.09 Å². The Morgan fingerprint density at radius 2 is 1.58 bits per heavy atom.